The summed E-state index contributed by atoms with van der Waals surface area (Å²) in [6, 6.07) is 9.36. The average Bonchev–Trinajstić information content (AvgIpc) is 3.55. The summed E-state index contributed by atoms with van der Waals surface area (Å²) in [5.41, 5.74) is 25.9. The van der Waals surface area contributed by atoms with Gasteiger partial charge in [-0.1, -0.05) is 138 Å². The number of hydrogen-bond acceptors (Lipinski definition) is 0. The first-order chi connectivity index (χ1) is 28.2. The largest absolute Gasteiger partial charge is 2.00 e. The van der Waals surface area contributed by atoms with Crippen molar-refractivity contribution in [3.05, 3.63) is 98.8 Å². The fourth-order valence-corrected chi connectivity index (χ4v) is 7.78. The third-order valence-electron chi connectivity index (χ3n) is 11.7. The maximum Gasteiger partial charge on any atom is 2.00 e. The maximum atomic E-state index is 11.9. The van der Waals surface area contributed by atoms with E-state index in [0.29, 0.717) is 0 Å². The Hall–Kier alpha value is -2.87. The van der Waals surface area contributed by atoms with Crippen molar-refractivity contribution in [1.82, 2.24) is 0 Å². The normalized spacial score (nSPS) is 11.8. The van der Waals surface area contributed by atoms with Gasteiger partial charge in [0.1, 0.15) is 0 Å². The van der Waals surface area contributed by atoms with Crippen LogP contribution in [0, 0.1) is 45.5 Å². The molecule has 0 amide bonds. The molecule has 3 rings (SSSR count). The molecule has 2 aromatic rings. The smallest absolute Gasteiger partial charge is 0.694 e. The van der Waals surface area contributed by atoms with E-state index in [1.807, 2.05) is 0 Å². The Balaban J connectivity index is 0.00000147. The van der Waals surface area contributed by atoms with Crippen molar-refractivity contribution < 1.29 is 21.2 Å². The molecule has 59 heavy (non-hydrogen) atoms. The molecule has 2 aromatic carbocycles. The van der Waals surface area contributed by atoms with Gasteiger partial charge >= 0.3 is 16.5 Å². The van der Waals surface area contributed by atoms with Crippen molar-refractivity contribution in [3.63, 3.8) is 0 Å². The molecule has 0 saturated heterocycles. The van der Waals surface area contributed by atoms with Crippen LogP contribution < -0.4 is 0 Å². The van der Waals surface area contributed by atoms with Crippen molar-refractivity contribution in [2.45, 2.75) is 236 Å². The molecular weight excluding hydrogens is 759 g/mol. The van der Waals surface area contributed by atoms with Crippen LogP contribution in [-0.2, 0) is 35.8 Å². The Labute approximate surface area is 377 Å². The summed E-state index contributed by atoms with van der Waals surface area (Å²) in [4.78, 5) is 0. The number of nitrogens with zero attached hydrogens (tertiary/aromatic N) is 2. The van der Waals surface area contributed by atoms with E-state index in [1.165, 1.54) is 172 Å². The van der Waals surface area contributed by atoms with Crippen molar-refractivity contribution in [1.29, 1.82) is 0 Å². The zero-order valence-corrected chi connectivity index (χ0v) is 40.7. The minimum atomic E-state index is 0. The van der Waals surface area contributed by atoms with Gasteiger partial charge in [-0.05, 0) is 155 Å². The number of aryl methyl sites for hydroxylation is 4. The molecule has 0 atom stereocenters. The molecule has 0 aliphatic carbocycles. The molecule has 0 radical (unpaired) electrons. The Bertz CT molecular complexity index is 1520. The number of rotatable bonds is 27. The van der Waals surface area contributed by atoms with E-state index in [9.17, 15) is 5.53 Å². The van der Waals surface area contributed by atoms with E-state index in [0.717, 1.165) is 61.9 Å². The maximum absolute atomic E-state index is 11.9. The molecule has 1 aliphatic rings. The van der Waals surface area contributed by atoms with Gasteiger partial charge in [-0.2, -0.15) is 0 Å². The van der Waals surface area contributed by atoms with E-state index in [-0.39, 0.29) is 16.5 Å². The topological polar surface area (TPSA) is 25.3 Å². The predicted molar refractivity (Wildman–Crippen MR) is 256 cm³/mol. The zero-order valence-electron chi connectivity index (χ0n) is 39.7. The van der Waals surface area contributed by atoms with Gasteiger partial charge in [0.15, 0.2) is 0 Å². The molecule has 0 spiro atoms. The van der Waals surface area contributed by atoms with Crippen LogP contribution in [-0.4, -0.2) is 4.70 Å². The van der Waals surface area contributed by atoms with Gasteiger partial charge in [0.25, 0.3) is 0 Å². The number of benzene rings is 2. The Kier molecular flexibility index (Phi) is 34.1. The van der Waals surface area contributed by atoms with E-state index < -0.39 is 0 Å². The Morgan fingerprint density at radius 3 is 1.32 bits per heavy atom. The van der Waals surface area contributed by atoms with Gasteiger partial charge in [0.2, 0.25) is 11.4 Å². The first kappa shape index (κ1) is 56.1. The third-order valence-corrected chi connectivity index (χ3v) is 11.7. The molecule has 0 fully saturated rings. The van der Waals surface area contributed by atoms with E-state index in [4.69, 9.17) is 12.8 Å². The van der Waals surface area contributed by atoms with Gasteiger partial charge in [-0.25, -0.2) is 4.70 Å². The molecule has 0 saturated carbocycles. The monoisotopic (exact) mass is 845 g/mol. The first-order valence-electron chi connectivity index (χ1n) is 24.1. The van der Waals surface area contributed by atoms with Crippen LogP contribution in [0.5, 0.6) is 0 Å². The van der Waals surface area contributed by atoms with Crippen LogP contribution in [0.3, 0.4) is 0 Å². The predicted octanol–water partition coefficient (Wildman–Crippen LogP) is 17.7. The minimum Gasteiger partial charge on any atom is -0.694 e. The van der Waals surface area contributed by atoms with Crippen LogP contribution >= 0.6 is 0 Å². The molecule has 0 bridgehead atoms. The number of unbranched alkanes of at least 4 members (excludes halogenated alkanes) is 17. The van der Waals surface area contributed by atoms with Crippen molar-refractivity contribution in [2.24, 2.45) is 0 Å². The summed E-state index contributed by atoms with van der Waals surface area (Å²) in [6.45, 7) is 20.1. The van der Waals surface area contributed by atoms with Crippen molar-refractivity contribution >= 4 is 11.4 Å². The third kappa shape index (κ3) is 22.0. The van der Waals surface area contributed by atoms with E-state index >= 15 is 0 Å². The van der Waals surface area contributed by atoms with Crippen LogP contribution in [0.2, 0.25) is 0 Å². The van der Waals surface area contributed by atoms with Gasteiger partial charge in [0, 0.05) is 22.8 Å². The van der Waals surface area contributed by atoms with Crippen molar-refractivity contribution in [2.75, 3.05) is 0 Å². The summed E-state index contributed by atoms with van der Waals surface area (Å²) in [7, 11) is 0. The molecule has 330 valence electrons. The second kappa shape index (κ2) is 35.8. The standard InChI is InChI=1S/C38H56N2.2C9H15.Ni/c1-8-12-16-17-18-21-33-27-37(34-23-28(5)30(7)29(6)24-34)40(39)38(33)35-25-31(19-13-9-2)36(22-15-11-4)32(26-35)20-14-10-3;2*1-3-5-7-9-8-6-4-2;/h23-27H,8-22H2,1-7H3;2*3,5-9H2,1H3;/q;2*-1;+2. The summed E-state index contributed by atoms with van der Waals surface area (Å²) in [5, 5.41) is 0. The van der Waals surface area contributed by atoms with Gasteiger partial charge < -0.3 is 30.2 Å². The summed E-state index contributed by atoms with van der Waals surface area (Å²) in [6.07, 6.45) is 48.1. The summed E-state index contributed by atoms with van der Waals surface area (Å²) >= 11 is 0. The van der Waals surface area contributed by atoms with Crippen LogP contribution in [0.25, 0.3) is 16.9 Å². The first-order valence-corrected chi connectivity index (χ1v) is 24.1. The van der Waals surface area contributed by atoms with Crippen molar-refractivity contribution in [3.8, 4) is 11.8 Å². The van der Waals surface area contributed by atoms with Gasteiger partial charge in [0.05, 0.1) is 0 Å². The van der Waals surface area contributed by atoms with Gasteiger partial charge in [-0.15, -0.1) is 0 Å². The van der Waals surface area contributed by atoms with Crippen LogP contribution in [0.1, 0.15) is 240 Å². The second-order valence-corrected chi connectivity index (χ2v) is 16.9. The Morgan fingerprint density at radius 1 is 0.492 bits per heavy atom. The molecule has 0 N–H and O–H groups in total. The molecule has 1 heterocycles. The van der Waals surface area contributed by atoms with E-state index in [1.54, 1.807) is 5.56 Å². The molecule has 3 heteroatoms. The molecular formula is C56H86N2Ni. The number of hydrogen-bond donors (Lipinski definition) is 0. The quantitative estimate of drug-likeness (QED) is 0.0281. The number of allylic oxidation sites excluding steroid dienone is 2. The SMILES string of the molecule is CCCCCCCC1=C(c2cc(CCCC)c(CCCC)c(CCCC)c2)[N+](=[N-])C(c2cc(C)c(C)c(C)c2)=C1.[C-]#CCCCCCCC.[C-]#CCCCCCCC.[Ni+2]. The minimum absolute atomic E-state index is 0. The fraction of sp³-hybridized carbons (Fsp3) is 0.643. The molecule has 1 aliphatic heterocycles. The second-order valence-electron chi connectivity index (χ2n) is 16.9. The molecule has 2 nitrogen and oxygen atoms in total. The van der Waals surface area contributed by atoms with Crippen LogP contribution in [0.15, 0.2) is 35.9 Å². The zero-order chi connectivity index (χ0) is 43.0. The Morgan fingerprint density at radius 2 is 0.898 bits per heavy atom. The fourth-order valence-electron chi connectivity index (χ4n) is 7.78. The molecule has 0 unspecified atom stereocenters. The van der Waals surface area contributed by atoms with Crippen LogP contribution in [0.4, 0.5) is 0 Å². The molecule has 0 aromatic heterocycles. The average molecular weight is 846 g/mol. The summed E-state index contributed by atoms with van der Waals surface area (Å²) in [5.74, 6) is 4.79. The summed E-state index contributed by atoms with van der Waals surface area (Å²) < 4.78 is 1.53. The van der Waals surface area contributed by atoms with Gasteiger partial charge in [-0.3, -0.25) is 0 Å². The van der Waals surface area contributed by atoms with E-state index in [2.05, 4.69) is 104 Å².